The van der Waals surface area contributed by atoms with Gasteiger partial charge >= 0.3 is 6.09 Å². The minimum absolute atomic E-state index is 0.0693. The van der Waals surface area contributed by atoms with Gasteiger partial charge in [-0.15, -0.1) is 0 Å². The summed E-state index contributed by atoms with van der Waals surface area (Å²) in [6.45, 7) is 5.90. The van der Waals surface area contributed by atoms with Crippen LogP contribution in [0.15, 0.2) is 12.1 Å². The van der Waals surface area contributed by atoms with Crippen LogP contribution in [0.4, 0.5) is 20.6 Å². The first-order valence-corrected chi connectivity index (χ1v) is 10.5. The van der Waals surface area contributed by atoms with Crippen molar-refractivity contribution in [2.75, 3.05) is 45.8 Å². The molecule has 1 heterocycles. The number of hydrogen-bond acceptors (Lipinski definition) is 8. The number of nitrogens with one attached hydrogen (secondary N) is 2. The number of rotatable bonds is 8. The molecule has 12 heteroatoms. The summed E-state index contributed by atoms with van der Waals surface area (Å²) in [4.78, 5) is 37.4. The van der Waals surface area contributed by atoms with Gasteiger partial charge < -0.3 is 29.7 Å². The summed E-state index contributed by atoms with van der Waals surface area (Å²) in [5.41, 5.74) is -1.73. The van der Waals surface area contributed by atoms with E-state index < -0.39 is 40.1 Å². The Kier molecular flexibility index (Phi) is 8.94. The molecular weight excluding hydrogens is 439 g/mol. The predicted octanol–water partition coefficient (Wildman–Crippen LogP) is 2.55. The Balaban J connectivity index is 2.21. The number of carbonyl (C=O) groups is 2. The van der Waals surface area contributed by atoms with Crippen molar-refractivity contribution in [3.8, 4) is 0 Å². The molecule has 2 N–H and O–H groups in total. The smallest absolute Gasteiger partial charge is 0.408 e. The summed E-state index contributed by atoms with van der Waals surface area (Å²) < 4.78 is 30.2. The summed E-state index contributed by atoms with van der Waals surface area (Å²) in [6.07, 6.45) is -0.610. The first kappa shape index (κ1) is 26.3. The van der Waals surface area contributed by atoms with Gasteiger partial charge in [-0.05, 0) is 33.3 Å². The molecule has 2 amide bonds. The number of benzene rings is 1. The monoisotopic (exact) mass is 470 g/mol. The van der Waals surface area contributed by atoms with E-state index in [9.17, 15) is 24.1 Å². The van der Waals surface area contributed by atoms with Crippen LogP contribution >= 0.6 is 0 Å². The van der Waals surface area contributed by atoms with Crippen LogP contribution in [-0.4, -0.2) is 80.0 Å². The highest BCUT2D eigenvalue weighted by molar-refractivity contribution is 5.96. The minimum atomic E-state index is -0.918. The molecule has 0 bridgehead atoms. The van der Waals surface area contributed by atoms with E-state index in [4.69, 9.17) is 14.2 Å². The molecular formula is C21H31FN4O7. The van der Waals surface area contributed by atoms with E-state index in [1.807, 2.05) is 0 Å². The summed E-state index contributed by atoms with van der Waals surface area (Å²) in [7, 11) is 2.95. The maximum absolute atomic E-state index is 14.7. The Morgan fingerprint density at radius 1 is 1.30 bits per heavy atom. The average molecular weight is 470 g/mol. The number of nitro groups is 1. The third-order valence-electron chi connectivity index (χ3n) is 4.96. The zero-order valence-corrected chi connectivity index (χ0v) is 19.5. The molecule has 2 atom stereocenters. The predicted molar refractivity (Wildman–Crippen MR) is 118 cm³/mol. The topological polar surface area (TPSA) is 132 Å². The number of nitrogens with zero attached hydrogens (tertiary/aromatic N) is 2. The van der Waals surface area contributed by atoms with Gasteiger partial charge in [0, 0.05) is 45.5 Å². The standard InChI is InChI=1S/C21H31FN4O7/c1-21(2,3)33-20(28)24-15-12-25(8-6-17(15)32-5)19(27)13-10-14(22)18(23-7-9-31-4)16(11-13)26(29)30/h10-11,15,17,23H,6-9,12H2,1-5H3,(H,24,28). The fourth-order valence-corrected chi connectivity index (χ4v) is 3.49. The SMILES string of the molecule is COCCNc1c(F)cc(C(=O)N2CCC(OC)C(NC(=O)OC(C)(C)C)C2)cc1[N+](=O)[O-]. The molecule has 1 fully saturated rings. The molecule has 1 aromatic carbocycles. The highest BCUT2D eigenvalue weighted by Crippen LogP contribution is 2.30. The zero-order valence-electron chi connectivity index (χ0n) is 19.5. The molecule has 2 unspecified atom stereocenters. The maximum Gasteiger partial charge on any atom is 0.408 e. The van der Waals surface area contributed by atoms with Gasteiger partial charge in [-0.1, -0.05) is 0 Å². The Hall–Kier alpha value is -2.99. The van der Waals surface area contributed by atoms with Gasteiger partial charge in [0.15, 0.2) is 5.82 Å². The second kappa shape index (κ2) is 11.2. The molecule has 0 aliphatic carbocycles. The molecule has 1 aliphatic rings. The lowest BCUT2D eigenvalue weighted by Crippen LogP contribution is -2.57. The second-order valence-electron chi connectivity index (χ2n) is 8.60. The van der Waals surface area contributed by atoms with Crippen LogP contribution in [0.25, 0.3) is 0 Å². The highest BCUT2D eigenvalue weighted by atomic mass is 19.1. The molecule has 0 spiro atoms. The molecule has 2 rings (SSSR count). The Morgan fingerprint density at radius 2 is 2.00 bits per heavy atom. The van der Waals surface area contributed by atoms with E-state index >= 15 is 0 Å². The van der Waals surface area contributed by atoms with Crippen molar-refractivity contribution >= 4 is 23.4 Å². The van der Waals surface area contributed by atoms with Gasteiger partial charge in [-0.3, -0.25) is 14.9 Å². The van der Waals surface area contributed by atoms with Gasteiger partial charge in [0.05, 0.1) is 23.7 Å². The lowest BCUT2D eigenvalue weighted by Gasteiger charge is -2.38. The van der Waals surface area contributed by atoms with Crippen LogP contribution in [0, 0.1) is 15.9 Å². The number of alkyl carbamates (subject to hydrolysis) is 1. The van der Waals surface area contributed by atoms with Crippen molar-refractivity contribution in [1.29, 1.82) is 0 Å². The van der Waals surface area contributed by atoms with Gasteiger partial charge in [-0.2, -0.15) is 0 Å². The molecule has 11 nitrogen and oxygen atoms in total. The average Bonchev–Trinajstić information content (AvgIpc) is 2.72. The van der Waals surface area contributed by atoms with Gasteiger partial charge in [-0.25, -0.2) is 9.18 Å². The number of anilines is 1. The van der Waals surface area contributed by atoms with Crippen LogP contribution < -0.4 is 10.6 Å². The minimum Gasteiger partial charge on any atom is -0.444 e. The largest absolute Gasteiger partial charge is 0.444 e. The number of ether oxygens (including phenoxy) is 3. The summed E-state index contributed by atoms with van der Waals surface area (Å²) in [5.74, 6) is -1.51. The first-order valence-electron chi connectivity index (χ1n) is 10.5. The third-order valence-corrected chi connectivity index (χ3v) is 4.96. The van der Waals surface area contributed by atoms with E-state index in [1.54, 1.807) is 20.8 Å². The van der Waals surface area contributed by atoms with Crippen LogP contribution in [0.2, 0.25) is 0 Å². The Labute approximate surface area is 191 Å². The lowest BCUT2D eigenvalue weighted by molar-refractivity contribution is -0.384. The van der Waals surface area contributed by atoms with Crippen molar-refractivity contribution in [3.05, 3.63) is 33.6 Å². The third kappa shape index (κ3) is 7.26. The molecule has 0 saturated carbocycles. The molecule has 1 aliphatic heterocycles. The number of hydrogen-bond donors (Lipinski definition) is 2. The Morgan fingerprint density at radius 3 is 2.58 bits per heavy atom. The summed E-state index contributed by atoms with van der Waals surface area (Å²) >= 11 is 0. The van der Waals surface area contributed by atoms with Crippen LogP contribution in [0.3, 0.4) is 0 Å². The van der Waals surface area contributed by atoms with Crippen molar-refractivity contribution in [1.82, 2.24) is 10.2 Å². The van der Waals surface area contributed by atoms with Crippen molar-refractivity contribution in [3.63, 3.8) is 0 Å². The maximum atomic E-state index is 14.7. The molecule has 33 heavy (non-hydrogen) atoms. The first-order chi connectivity index (χ1) is 15.5. The van der Waals surface area contributed by atoms with Crippen molar-refractivity contribution < 1.29 is 33.1 Å². The van der Waals surface area contributed by atoms with E-state index in [2.05, 4.69) is 10.6 Å². The van der Waals surface area contributed by atoms with Gasteiger partial charge in [0.2, 0.25) is 0 Å². The van der Waals surface area contributed by atoms with E-state index in [1.165, 1.54) is 19.1 Å². The Bertz CT molecular complexity index is 875. The number of methoxy groups -OCH3 is 2. The van der Waals surface area contributed by atoms with Crippen LogP contribution in [0.5, 0.6) is 0 Å². The van der Waals surface area contributed by atoms with Crippen LogP contribution in [0.1, 0.15) is 37.6 Å². The van der Waals surface area contributed by atoms with E-state index in [0.29, 0.717) is 6.42 Å². The molecule has 184 valence electrons. The number of nitro benzene ring substituents is 1. The van der Waals surface area contributed by atoms with E-state index in [-0.39, 0.29) is 43.6 Å². The molecule has 0 aromatic heterocycles. The fourth-order valence-electron chi connectivity index (χ4n) is 3.49. The molecule has 1 saturated heterocycles. The summed E-state index contributed by atoms with van der Waals surface area (Å²) in [6, 6.07) is 1.43. The zero-order chi connectivity index (χ0) is 24.8. The fraction of sp³-hybridized carbons (Fsp3) is 0.619. The number of likely N-dealkylation sites (tertiary alicyclic amines) is 1. The second-order valence-corrected chi connectivity index (χ2v) is 8.60. The van der Waals surface area contributed by atoms with Crippen molar-refractivity contribution in [2.45, 2.75) is 44.9 Å². The van der Waals surface area contributed by atoms with E-state index in [0.717, 1.165) is 12.1 Å². The number of carbonyl (C=O) groups excluding carboxylic acids is 2. The molecule has 1 aromatic rings. The van der Waals surface area contributed by atoms with Gasteiger partial charge in [0.1, 0.15) is 11.3 Å². The highest BCUT2D eigenvalue weighted by Gasteiger charge is 2.35. The lowest BCUT2D eigenvalue weighted by atomic mass is 10.0. The van der Waals surface area contributed by atoms with Gasteiger partial charge in [0.25, 0.3) is 11.6 Å². The van der Waals surface area contributed by atoms with Crippen LogP contribution in [-0.2, 0) is 14.2 Å². The number of halogens is 1. The van der Waals surface area contributed by atoms with Crippen molar-refractivity contribution in [2.24, 2.45) is 0 Å². The molecule has 0 radical (unpaired) electrons. The quantitative estimate of drug-likeness (QED) is 0.337. The normalized spacial score (nSPS) is 18.5. The number of amides is 2. The number of piperidine rings is 1. The summed E-state index contributed by atoms with van der Waals surface area (Å²) in [5, 5.41) is 16.8.